The molecule has 156 valence electrons. The molecule has 9 heteroatoms. The van der Waals surface area contributed by atoms with Crippen LogP contribution in [-0.2, 0) is 14.4 Å². The van der Waals surface area contributed by atoms with Gasteiger partial charge in [-0.1, -0.05) is 13.3 Å². The molecule has 2 amide bonds. The highest BCUT2D eigenvalue weighted by Crippen LogP contribution is 2.19. The number of amides is 2. The Balaban J connectivity index is 2.07. The Morgan fingerprint density at radius 3 is 2.48 bits per heavy atom. The molecule has 1 rings (SSSR count). The first-order valence-corrected chi connectivity index (χ1v) is 9.77. The lowest BCUT2D eigenvalue weighted by atomic mass is 9.94. The molecular formula is C18H36N5O4+. The van der Waals surface area contributed by atoms with Crippen molar-refractivity contribution in [2.24, 2.45) is 5.92 Å². The first-order chi connectivity index (χ1) is 12.6. The zero-order valence-electron chi connectivity index (χ0n) is 17.3. The molecule has 1 aliphatic rings. The summed E-state index contributed by atoms with van der Waals surface area (Å²) in [7, 11) is 1.94. The number of unbranched alkanes of at least 4 members (excludes halogenated alkanes) is 2. The van der Waals surface area contributed by atoms with Gasteiger partial charge >= 0.3 is 5.03 Å². The minimum Gasteiger partial charge on any atom is -0.295 e. The summed E-state index contributed by atoms with van der Waals surface area (Å²) in [6.45, 7) is 8.93. The molecule has 0 aliphatic carbocycles. The van der Waals surface area contributed by atoms with E-state index >= 15 is 0 Å². The van der Waals surface area contributed by atoms with Crippen LogP contribution in [0.2, 0.25) is 0 Å². The highest BCUT2D eigenvalue weighted by Gasteiger charge is 2.29. The number of nitrogens with one attached hydrogen (secondary N) is 3. The summed E-state index contributed by atoms with van der Waals surface area (Å²) in [4.78, 5) is 42.5. The average Bonchev–Trinajstić information content (AvgIpc) is 2.54. The molecular weight excluding hydrogens is 350 g/mol. The number of hydrogen-bond acceptors (Lipinski definition) is 5. The van der Waals surface area contributed by atoms with Crippen molar-refractivity contribution in [2.75, 3.05) is 20.1 Å². The smallest absolute Gasteiger partial charge is 0.295 e. The van der Waals surface area contributed by atoms with Crippen LogP contribution in [0.5, 0.6) is 0 Å². The van der Waals surface area contributed by atoms with Crippen LogP contribution in [0.4, 0.5) is 0 Å². The molecule has 0 saturated carbocycles. The third-order valence-corrected chi connectivity index (χ3v) is 4.37. The van der Waals surface area contributed by atoms with Crippen LogP contribution < -0.4 is 16.3 Å². The van der Waals surface area contributed by atoms with Crippen molar-refractivity contribution in [1.29, 1.82) is 0 Å². The standard InChI is InChI=1S/C18H35N5O4/c1-14-10-11-15(22(5)13-14)17(25)21-20-16(24)9-7-6-8-12-19-23(26)27-18(2,3)4/h14-15H,6-13H2,1-5H3,(H2-,19,20,21,24,25,26)/p+1. The maximum Gasteiger partial charge on any atom is 0.357 e. The molecule has 0 aromatic carbocycles. The van der Waals surface area contributed by atoms with E-state index < -0.39 is 5.60 Å². The van der Waals surface area contributed by atoms with Crippen molar-refractivity contribution in [3.8, 4) is 0 Å². The van der Waals surface area contributed by atoms with Crippen LogP contribution in [-0.4, -0.2) is 53.5 Å². The number of piperidine rings is 1. The fourth-order valence-corrected chi connectivity index (χ4v) is 3.02. The van der Waals surface area contributed by atoms with Crippen LogP contribution in [0.25, 0.3) is 0 Å². The Kier molecular flexibility index (Phi) is 9.48. The van der Waals surface area contributed by atoms with Gasteiger partial charge in [-0.05, 0) is 59.4 Å². The molecule has 1 aliphatic heterocycles. The minimum atomic E-state index is -0.540. The van der Waals surface area contributed by atoms with Crippen molar-refractivity contribution in [1.82, 2.24) is 21.2 Å². The van der Waals surface area contributed by atoms with Gasteiger partial charge in [0.25, 0.3) is 5.91 Å². The molecule has 0 bridgehead atoms. The maximum atomic E-state index is 12.2. The van der Waals surface area contributed by atoms with E-state index in [4.69, 9.17) is 4.84 Å². The Hall–Kier alpha value is -1.90. The first-order valence-electron chi connectivity index (χ1n) is 9.77. The highest BCUT2D eigenvalue weighted by atomic mass is 16.8. The van der Waals surface area contributed by atoms with Gasteiger partial charge in [-0.3, -0.25) is 25.3 Å². The minimum absolute atomic E-state index is 0.156. The fourth-order valence-electron chi connectivity index (χ4n) is 3.02. The van der Waals surface area contributed by atoms with Gasteiger partial charge in [0.1, 0.15) is 4.91 Å². The second-order valence-corrected chi connectivity index (χ2v) is 8.35. The number of carbonyl (C=O) groups is 2. The molecule has 2 unspecified atom stereocenters. The average molecular weight is 387 g/mol. The maximum absolute atomic E-state index is 12.2. The number of carbonyl (C=O) groups excluding carboxylic acids is 2. The zero-order valence-corrected chi connectivity index (χ0v) is 17.3. The number of nitrogens with zero attached hydrogens (tertiary/aromatic N) is 2. The van der Waals surface area contributed by atoms with Gasteiger partial charge < -0.3 is 0 Å². The van der Waals surface area contributed by atoms with Gasteiger partial charge in [-0.2, -0.15) is 4.84 Å². The van der Waals surface area contributed by atoms with E-state index in [1.165, 1.54) is 0 Å². The Morgan fingerprint density at radius 1 is 1.15 bits per heavy atom. The molecule has 2 atom stereocenters. The molecule has 1 heterocycles. The first kappa shape index (κ1) is 23.1. The molecule has 0 radical (unpaired) electrons. The third kappa shape index (κ3) is 10.1. The number of likely N-dealkylation sites (N-methyl/N-ethyl adjacent to an activating group) is 1. The van der Waals surface area contributed by atoms with Gasteiger partial charge in [-0.15, -0.1) is 5.43 Å². The lowest BCUT2D eigenvalue weighted by Crippen LogP contribution is -2.53. The largest absolute Gasteiger partial charge is 0.357 e. The number of rotatable bonds is 9. The highest BCUT2D eigenvalue weighted by molar-refractivity contribution is 5.85. The fraction of sp³-hybridized carbons (Fsp3) is 0.889. The van der Waals surface area contributed by atoms with E-state index in [1.807, 2.05) is 11.9 Å². The van der Waals surface area contributed by atoms with Gasteiger partial charge in [0.2, 0.25) is 5.91 Å². The van der Waals surface area contributed by atoms with E-state index in [9.17, 15) is 14.5 Å². The van der Waals surface area contributed by atoms with Crippen LogP contribution in [0.15, 0.2) is 0 Å². The van der Waals surface area contributed by atoms with Gasteiger partial charge in [0.05, 0.1) is 12.6 Å². The van der Waals surface area contributed by atoms with Crippen molar-refractivity contribution in [2.45, 2.75) is 77.9 Å². The molecule has 3 N–H and O–H groups in total. The SMILES string of the molecule is CC1CCC(C(=O)NNC(=O)CCCCCN[N+](=O)OC(C)(C)C)N(C)C1. The van der Waals surface area contributed by atoms with Crippen molar-refractivity contribution in [3.63, 3.8) is 0 Å². The van der Waals surface area contributed by atoms with Crippen molar-refractivity contribution >= 4 is 11.8 Å². The Morgan fingerprint density at radius 2 is 1.85 bits per heavy atom. The summed E-state index contributed by atoms with van der Waals surface area (Å²) in [5.41, 5.74) is 7.08. The van der Waals surface area contributed by atoms with Crippen LogP contribution in [0, 0.1) is 10.8 Å². The topological polar surface area (TPSA) is 103 Å². The van der Waals surface area contributed by atoms with Crippen molar-refractivity contribution < 1.29 is 19.5 Å². The van der Waals surface area contributed by atoms with Crippen molar-refractivity contribution in [3.05, 3.63) is 4.91 Å². The lowest BCUT2D eigenvalue weighted by molar-refractivity contribution is -0.859. The monoisotopic (exact) mass is 386 g/mol. The quantitative estimate of drug-likeness (QED) is 0.409. The van der Waals surface area contributed by atoms with E-state index in [0.717, 1.165) is 32.2 Å². The van der Waals surface area contributed by atoms with Crippen LogP contribution >= 0.6 is 0 Å². The summed E-state index contributed by atoms with van der Waals surface area (Å²) in [5, 5.41) is 0.380. The van der Waals surface area contributed by atoms with Gasteiger partial charge in [-0.25, -0.2) is 0 Å². The van der Waals surface area contributed by atoms with Gasteiger partial charge in [0.15, 0.2) is 5.60 Å². The molecule has 1 fully saturated rings. The van der Waals surface area contributed by atoms with Gasteiger partial charge in [0, 0.05) is 13.0 Å². The summed E-state index contributed by atoms with van der Waals surface area (Å²) >= 11 is 0. The molecule has 0 spiro atoms. The third-order valence-electron chi connectivity index (χ3n) is 4.37. The lowest BCUT2D eigenvalue weighted by Gasteiger charge is -2.34. The number of hydrogen-bond donors (Lipinski definition) is 3. The van der Waals surface area contributed by atoms with E-state index in [-0.39, 0.29) is 17.9 Å². The number of likely N-dealkylation sites (tertiary alicyclic amines) is 1. The molecule has 9 nitrogen and oxygen atoms in total. The molecule has 0 aromatic rings. The summed E-state index contributed by atoms with van der Waals surface area (Å²) in [6.07, 6.45) is 4.38. The zero-order chi connectivity index (χ0) is 20.4. The molecule has 1 saturated heterocycles. The second-order valence-electron chi connectivity index (χ2n) is 8.35. The van der Waals surface area contributed by atoms with Crippen LogP contribution in [0.3, 0.4) is 0 Å². The summed E-state index contributed by atoms with van der Waals surface area (Å²) < 4.78 is 0. The summed E-state index contributed by atoms with van der Waals surface area (Å²) in [6, 6.07) is -0.182. The second kappa shape index (κ2) is 11.1. The number of hydrazine groups is 2. The molecule has 0 aromatic heterocycles. The normalized spacial score (nSPS) is 20.6. The molecule has 27 heavy (non-hydrogen) atoms. The van der Waals surface area contributed by atoms with E-state index in [0.29, 0.717) is 30.3 Å². The Bertz CT molecular complexity index is 506. The summed E-state index contributed by atoms with van der Waals surface area (Å²) in [5.74, 6) is 0.234. The van der Waals surface area contributed by atoms with E-state index in [1.54, 1.807) is 20.8 Å². The predicted octanol–water partition coefficient (Wildman–Crippen LogP) is 1.44. The van der Waals surface area contributed by atoms with E-state index in [2.05, 4.69) is 23.2 Å². The van der Waals surface area contributed by atoms with Crippen LogP contribution in [0.1, 0.15) is 66.2 Å². The predicted molar refractivity (Wildman–Crippen MR) is 102 cm³/mol. The Labute approximate surface area is 162 Å².